The molecule has 9 nitrogen and oxygen atoms in total. The second kappa shape index (κ2) is 9.98. The number of nitrogens with one attached hydrogen (secondary N) is 1. The van der Waals surface area contributed by atoms with Crippen LogP contribution < -0.4 is 20.8 Å². The van der Waals surface area contributed by atoms with E-state index in [1.165, 1.54) is 11.7 Å². The molecule has 0 aliphatic heterocycles. The second-order valence-electron chi connectivity index (χ2n) is 8.56. The summed E-state index contributed by atoms with van der Waals surface area (Å²) in [5, 5.41) is 0.356. The Kier molecular flexibility index (Phi) is 6.56. The molecule has 0 aliphatic rings. The molecule has 5 rings (SSSR count). The van der Waals surface area contributed by atoms with E-state index in [0.29, 0.717) is 27.7 Å². The lowest BCUT2D eigenvalue weighted by molar-refractivity contribution is 0.400. The summed E-state index contributed by atoms with van der Waals surface area (Å²) >= 11 is 0. The van der Waals surface area contributed by atoms with Crippen molar-refractivity contribution in [1.82, 2.24) is 14.5 Å². The number of anilines is 2. The Labute approximate surface area is 219 Å². The van der Waals surface area contributed by atoms with Gasteiger partial charge < -0.3 is 10.5 Å². The molecule has 5 aromatic rings. The summed E-state index contributed by atoms with van der Waals surface area (Å²) in [6, 6.07) is 22.5. The number of nitrogens with zero attached hydrogens (tertiary/aromatic N) is 3. The zero-order valence-corrected chi connectivity index (χ0v) is 21.6. The summed E-state index contributed by atoms with van der Waals surface area (Å²) < 4.78 is 35.4. The van der Waals surface area contributed by atoms with Crippen molar-refractivity contribution in [3.63, 3.8) is 0 Å². The molecule has 2 heterocycles. The van der Waals surface area contributed by atoms with Gasteiger partial charge in [-0.1, -0.05) is 43.3 Å². The number of para-hydroxylation sites is 1. The van der Waals surface area contributed by atoms with Gasteiger partial charge in [-0.15, -0.1) is 0 Å². The Balaban J connectivity index is 1.57. The lowest BCUT2D eigenvalue weighted by Gasteiger charge is -2.14. The van der Waals surface area contributed by atoms with Gasteiger partial charge in [-0.05, 0) is 60.0 Å². The number of aromatic nitrogens is 3. The number of aryl methyl sites for hydroxylation is 1. The maximum Gasteiger partial charge on any atom is 0.267 e. The molecule has 0 aliphatic carbocycles. The minimum absolute atomic E-state index is 0.0798. The number of hydrogen-bond acceptors (Lipinski definition) is 7. The van der Waals surface area contributed by atoms with Crippen LogP contribution in [0.2, 0.25) is 0 Å². The maximum atomic E-state index is 13.4. The quantitative estimate of drug-likeness (QED) is 0.321. The van der Waals surface area contributed by atoms with Gasteiger partial charge >= 0.3 is 0 Å². The molecule has 0 amide bonds. The largest absolute Gasteiger partial charge is 0.480 e. The number of benzene rings is 3. The number of ether oxygens (including phenoxy) is 1. The number of nitrogen functional groups attached to an aromatic ring is 1. The normalized spacial score (nSPS) is 11.4. The molecule has 192 valence electrons. The van der Waals surface area contributed by atoms with Crippen LogP contribution in [0.3, 0.4) is 0 Å². The van der Waals surface area contributed by atoms with Gasteiger partial charge in [-0.25, -0.2) is 23.0 Å². The van der Waals surface area contributed by atoms with E-state index in [1.807, 2.05) is 25.1 Å². The maximum absolute atomic E-state index is 13.4. The topological polar surface area (TPSA) is 129 Å². The van der Waals surface area contributed by atoms with E-state index in [9.17, 15) is 13.2 Å². The van der Waals surface area contributed by atoms with Crippen LogP contribution in [0.25, 0.3) is 27.7 Å². The van der Waals surface area contributed by atoms with Gasteiger partial charge in [0.05, 0.1) is 28.6 Å². The zero-order chi connectivity index (χ0) is 26.9. The molecule has 0 saturated carbocycles. The molecule has 38 heavy (non-hydrogen) atoms. The minimum atomic E-state index is -3.90. The lowest BCUT2D eigenvalue weighted by Crippen LogP contribution is -2.23. The smallest absolute Gasteiger partial charge is 0.267 e. The van der Waals surface area contributed by atoms with Crippen molar-refractivity contribution in [2.45, 2.75) is 18.2 Å². The van der Waals surface area contributed by atoms with Gasteiger partial charge in [-0.2, -0.15) is 0 Å². The van der Waals surface area contributed by atoms with Gasteiger partial charge in [0.25, 0.3) is 15.6 Å². The van der Waals surface area contributed by atoms with Gasteiger partial charge in [0, 0.05) is 11.8 Å². The molecule has 0 atom stereocenters. The number of nitrogens with two attached hydrogens (primary N) is 1. The highest BCUT2D eigenvalue weighted by atomic mass is 32.2. The van der Waals surface area contributed by atoms with Crippen LogP contribution in [0.1, 0.15) is 12.5 Å². The standard InChI is InChI=1S/C28H25N5O4S/c1-3-18-9-12-22(13-10-18)38(35,36)32-25-16-20(17-30-26(25)37-2)19-11-14-24-23(15-19)27(34)33(28(29)31-24)21-7-5-4-6-8-21/h4-17,32H,3H2,1-2H3,(H2,29,31). The minimum Gasteiger partial charge on any atom is -0.480 e. The summed E-state index contributed by atoms with van der Waals surface area (Å²) in [6.07, 6.45) is 2.35. The summed E-state index contributed by atoms with van der Waals surface area (Å²) in [4.78, 5) is 22.2. The number of methoxy groups -OCH3 is 1. The van der Waals surface area contributed by atoms with Crippen molar-refractivity contribution in [1.29, 1.82) is 0 Å². The second-order valence-corrected chi connectivity index (χ2v) is 10.2. The van der Waals surface area contributed by atoms with Crippen molar-refractivity contribution in [3.05, 3.63) is 101 Å². The Morgan fingerprint density at radius 1 is 0.974 bits per heavy atom. The number of fused-ring (bicyclic) bond motifs is 1. The predicted molar refractivity (Wildman–Crippen MR) is 148 cm³/mol. The van der Waals surface area contributed by atoms with E-state index in [2.05, 4.69) is 14.7 Å². The first-order valence-corrected chi connectivity index (χ1v) is 13.3. The van der Waals surface area contributed by atoms with Crippen LogP contribution >= 0.6 is 0 Å². The third-order valence-corrected chi connectivity index (χ3v) is 7.55. The number of sulfonamides is 1. The Hall–Kier alpha value is -4.70. The third kappa shape index (κ3) is 4.69. The molecule has 0 unspecified atom stereocenters. The molecular formula is C28H25N5O4S. The van der Waals surface area contributed by atoms with Gasteiger partial charge in [0.2, 0.25) is 11.8 Å². The number of pyridine rings is 1. The van der Waals surface area contributed by atoms with Crippen molar-refractivity contribution in [3.8, 4) is 22.7 Å². The van der Waals surface area contributed by atoms with Crippen molar-refractivity contribution >= 4 is 32.6 Å². The third-order valence-electron chi connectivity index (χ3n) is 6.17. The Morgan fingerprint density at radius 2 is 1.71 bits per heavy atom. The highest BCUT2D eigenvalue weighted by molar-refractivity contribution is 7.92. The average Bonchev–Trinajstić information content (AvgIpc) is 2.93. The first-order chi connectivity index (χ1) is 18.3. The molecule has 0 bridgehead atoms. The molecule has 0 fully saturated rings. The Bertz CT molecular complexity index is 1800. The molecule has 3 aromatic carbocycles. The molecule has 0 radical (unpaired) electrons. The van der Waals surface area contributed by atoms with Gasteiger partial charge in [-0.3, -0.25) is 9.52 Å². The van der Waals surface area contributed by atoms with Crippen LogP contribution in [-0.4, -0.2) is 30.1 Å². The van der Waals surface area contributed by atoms with E-state index in [-0.39, 0.29) is 28.0 Å². The van der Waals surface area contributed by atoms with Crippen LogP contribution in [0.4, 0.5) is 11.6 Å². The van der Waals surface area contributed by atoms with Crippen molar-refractivity contribution in [2.75, 3.05) is 17.6 Å². The first-order valence-electron chi connectivity index (χ1n) is 11.8. The van der Waals surface area contributed by atoms with E-state index in [1.54, 1.807) is 66.9 Å². The molecule has 0 saturated heterocycles. The molecule has 0 spiro atoms. The predicted octanol–water partition coefficient (Wildman–Crippen LogP) is 4.40. The summed E-state index contributed by atoms with van der Waals surface area (Å²) in [5.41, 5.74) is 9.25. The van der Waals surface area contributed by atoms with Crippen LogP contribution in [0.5, 0.6) is 5.88 Å². The molecule has 10 heteroatoms. The van der Waals surface area contributed by atoms with E-state index in [4.69, 9.17) is 10.5 Å². The molecular weight excluding hydrogens is 502 g/mol. The van der Waals surface area contributed by atoms with Crippen molar-refractivity contribution in [2.24, 2.45) is 0 Å². The SMILES string of the molecule is CCc1ccc(S(=O)(=O)Nc2cc(-c3ccc4nc(N)n(-c5ccccc5)c(=O)c4c3)cnc2OC)cc1. The highest BCUT2D eigenvalue weighted by Gasteiger charge is 2.19. The van der Waals surface area contributed by atoms with E-state index in [0.717, 1.165) is 12.0 Å². The first kappa shape index (κ1) is 25.0. The molecule has 2 aromatic heterocycles. The summed E-state index contributed by atoms with van der Waals surface area (Å²) in [6.45, 7) is 2.00. The number of hydrogen-bond donors (Lipinski definition) is 2. The fraction of sp³-hybridized carbons (Fsp3) is 0.107. The van der Waals surface area contributed by atoms with E-state index < -0.39 is 10.0 Å². The fourth-order valence-corrected chi connectivity index (χ4v) is 5.21. The average molecular weight is 528 g/mol. The van der Waals surface area contributed by atoms with Gasteiger partial charge in [0.1, 0.15) is 5.69 Å². The van der Waals surface area contributed by atoms with Crippen LogP contribution in [0.15, 0.2) is 94.7 Å². The number of rotatable bonds is 7. The fourth-order valence-electron chi connectivity index (χ4n) is 4.16. The lowest BCUT2D eigenvalue weighted by atomic mass is 10.0. The highest BCUT2D eigenvalue weighted by Crippen LogP contribution is 2.31. The van der Waals surface area contributed by atoms with Crippen LogP contribution in [-0.2, 0) is 16.4 Å². The van der Waals surface area contributed by atoms with Crippen LogP contribution in [0, 0.1) is 0 Å². The molecule has 3 N–H and O–H groups in total. The Morgan fingerprint density at radius 3 is 2.39 bits per heavy atom. The van der Waals surface area contributed by atoms with Gasteiger partial charge in [0.15, 0.2) is 0 Å². The monoisotopic (exact) mass is 527 g/mol. The summed E-state index contributed by atoms with van der Waals surface area (Å²) in [5.74, 6) is 0.195. The zero-order valence-electron chi connectivity index (χ0n) is 20.8. The summed E-state index contributed by atoms with van der Waals surface area (Å²) in [7, 11) is -2.49. The van der Waals surface area contributed by atoms with Crippen molar-refractivity contribution < 1.29 is 13.2 Å². The van der Waals surface area contributed by atoms with E-state index >= 15 is 0 Å².